The molecule has 54 valence electrons. The van der Waals surface area contributed by atoms with Crippen molar-refractivity contribution in [2.24, 2.45) is 7.05 Å². The summed E-state index contributed by atoms with van der Waals surface area (Å²) >= 11 is 0. The van der Waals surface area contributed by atoms with Crippen LogP contribution in [-0.2, 0) is 7.05 Å². The zero-order valence-corrected chi connectivity index (χ0v) is 5.52. The summed E-state index contributed by atoms with van der Waals surface area (Å²) in [4.78, 5) is 3.66. The minimum atomic E-state index is -1.50. The van der Waals surface area contributed by atoms with Crippen molar-refractivity contribution in [2.45, 2.75) is 0 Å². The molecule has 0 amide bonds. The minimum absolute atomic E-state index is 0.267. The molecule has 1 rings (SSSR count). The van der Waals surface area contributed by atoms with Crippen LogP contribution in [0.4, 0.5) is 5.95 Å². The van der Waals surface area contributed by atoms with Crippen molar-refractivity contribution in [3.8, 4) is 0 Å². The molecule has 1 aromatic rings. The van der Waals surface area contributed by atoms with Crippen LogP contribution in [0.1, 0.15) is 0 Å². The summed E-state index contributed by atoms with van der Waals surface area (Å²) in [7, 11) is 0.103. The van der Waals surface area contributed by atoms with E-state index in [2.05, 4.69) is 4.98 Å². The number of nitrogens with zero attached hydrogens (tertiary/aromatic N) is 2. The highest BCUT2D eigenvalue weighted by Gasteiger charge is 2.16. The Morgan fingerprint density at radius 2 is 2.30 bits per heavy atom. The number of aromatic nitrogens is 2. The Labute approximate surface area is 58.3 Å². The van der Waals surface area contributed by atoms with Gasteiger partial charge in [0.05, 0.1) is 5.59 Å². The van der Waals surface area contributed by atoms with Crippen LogP contribution in [-0.4, -0.2) is 26.7 Å². The smallest absolute Gasteiger partial charge is 0.422 e. The standard InChI is InChI=1S/C4H8BN3O2/c1-8-3(5(9)10)2-7-4(8)6/h2,9-10H,1H3,(H2,6,7). The fourth-order valence-electron chi connectivity index (χ4n) is 0.678. The molecule has 0 aromatic carbocycles. The van der Waals surface area contributed by atoms with Gasteiger partial charge in [-0.25, -0.2) is 4.98 Å². The van der Waals surface area contributed by atoms with E-state index in [1.54, 1.807) is 7.05 Å². The Kier molecular flexibility index (Phi) is 1.65. The van der Waals surface area contributed by atoms with Gasteiger partial charge in [0.15, 0.2) is 5.95 Å². The molecule has 0 saturated carbocycles. The molecule has 0 aliphatic carbocycles. The highest BCUT2D eigenvalue weighted by molar-refractivity contribution is 6.57. The third kappa shape index (κ3) is 0.983. The lowest BCUT2D eigenvalue weighted by Gasteiger charge is -1.99. The zero-order chi connectivity index (χ0) is 7.72. The predicted molar refractivity (Wildman–Crippen MR) is 37.4 cm³/mol. The second kappa shape index (κ2) is 2.32. The molecule has 0 aliphatic heterocycles. The molecular weight excluding hydrogens is 133 g/mol. The maximum atomic E-state index is 8.66. The molecule has 5 nitrogen and oxygen atoms in total. The lowest BCUT2D eigenvalue weighted by molar-refractivity contribution is 0.423. The van der Waals surface area contributed by atoms with E-state index in [1.807, 2.05) is 0 Å². The largest absolute Gasteiger partial charge is 0.507 e. The fourth-order valence-corrected chi connectivity index (χ4v) is 0.678. The van der Waals surface area contributed by atoms with Gasteiger partial charge in [0, 0.05) is 13.2 Å². The third-order valence-electron chi connectivity index (χ3n) is 1.32. The van der Waals surface area contributed by atoms with Gasteiger partial charge in [-0.15, -0.1) is 0 Å². The first-order chi connectivity index (χ1) is 4.63. The van der Waals surface area contributed by atoms with E-state index in [0.29, 0.717) is 0 Å². The van der Waals surface area contributed by atoms with Crippen molar-refractivity contribution in [3.05, 3.63) is 6.20 Å². The molecule has 0 aliphatic rings. The van der Waals surface area contributed by atoms with Crippen molar-refractivity contribution in [1.29, 1.82) is 0 Å². The predicted octanol–water partition coefficient (Wildman–Crippen LogP) is -2.32. The number of rotatable bonds is 1. The summed E-state index contributed by atoms with van der Waals surface area (Å²) in [5.41, 5.74) is 5.60. The van der Waals surface area contributed by atoms with Crippen molar-refractivity contribution < 1.29 is 10.0 Å². The molecule has 6 heteroatoms. The molecule has 0 spiro atoms. The van der Waals surface area contributed by atoms with E-state index in [1.165, 1.54) is 10.8 Å². The van der Waals surface area contributed by atoms with Crippen LogP contribution in [0.2, 0.25) is 0 Å². The summed E-state index contributed by atoms with van der Waals surface area (Å²) in [6.45, 7) is 0. The van der Waals surface area contributed by atoms with Gasteiger partial charge in [0.2, 0.25) is 0 Å². The molecule has 0 radical (unpaired) electrons. The first-order valence-corrected chi connectivity index (χ1v) is 2.76. The van der Waals surface area contributed by atoms with Crippen molar-refractivity contribution >= 4 is 18.7 Å². The molecule has 0 bridgehead atoms. The second-order valence-electron chi connectivity index (χ2n) is 1.97. The lowest BCUT2D eigenvalue weighted by Crippen LogP contribution is -2.35. The average molecular weight is 141 g/mol. The van der Waals surface area contributed by atoms with Crippen LogP contribution >= 0.6 is 0 Å². The highest BCUT2D eigenvalue weighted by atomic mass is 16.4. The van der Waals surface area contributed by atoms with Gasteiger partial charge in [-0.3, -0.25) is 0 Å². The third-order valence-corrected chi connectivity index (χ3v) is 1.32. The van der Waals surface area contributed by atoms with Crippen LogP contribution in [0.3, 0.4) is 0 Å². The Morgan fingerprint density at radius 1 is 1.70 bits per heavy atom. The number of imidazole rings is 1. The SMILES string of the molecule is Cn1c(B(O)O)cnc1N. The van der Waals surface area contributed by atoms with Crippen molar-refractivity contribution in [3.63, 3.8) is 0 Å². The van der Waals surface area contributed by atoms with Crippen LogP contribution in [0, 0.1) is 0 Å². The fraction of sp³-hybridized carbons (Fsp3) is 0.250. The second-order valence-corrected chi connectivity index (χ2v) is 1.97. The number of nitrogens with two attached hydrogens (primary N) is 1. The van der Waals surface area contributed by atoms with Crippen molar-refractivity contribution in [1.82, 2.24) is 9.55 Å². The van der Waals surface area contributed by atoms with E-state index in [-0.39, 0.29) is 11.5 Å². The average Bonchev–Trinajstić information content (AvgIpc) is 2.14. The van der Waals surface area contributed by atoms with Gasteiger partial charge in [-0.05, 0) is 0 Å². The normalized spacial score (nSPS) is 9.90. The topological polar surface area (TPSA) is 84.3 Å². The van der Waals surface area contributed by atoms with Gasteiger partial charge >= 0.3 is 7.12 Å². The molecule has 0 fully saturated rings. The van der Waals surface area contributed by atoms with Crippen LogP contribution in [0.5, 0.6) is 0 Å². The number of hydrogen-bond acceptors (Lipinski definition) is 4. The summed E-state index contributed by atoms with van der Waals surface area (Å²) in [5.74, 6) is 0.267. The van der Waals surface area contributed by atoms with E-state index in [4.69, 9.17) is 15.8 Å². The van der Waals surface area contributed by atoms with E-state index in [0.717, 1.165) is 0 Å². The van der Waals surface area contributed by atoms with Crippen LogP contribution in [0.25, 0.3) is 0 Å². The summed E-state index contributed by atoms with van der Waals surface area (Å²) in [6.07, 6.45) is 1.32. The molecule has 0 atom stereocenters. The Balaban J connectivity index is 3.05. The van der Waals surface area contributed by atoms with Gasteiger partial charge in [0.25, 0.3) is 0 Å². The number of anilines is 1. The zero-order valence-electron chi connectivity index (χ0n) is 5.52. The lowest BCUT2D eigenvalue weighted by atomic mass is 9.87. The molecule has 0 unspecified atom stereocenters. The van der Waals surface area contributed by atoms with Crippen molar-refractivity contribution in [2.75, 3.05) is 5.73 Å². The first-order valence-electron chi connectivity index (χ1n) is 2.76. The monoisotopic (exact) mass is 141 g/mol. The maximum absolute atomic E-state index is 8.66. The molecule has 0 saturated heterocycles. The van der Waals surface area contributed by atoms with Gasteiger partial charge in [0.1, 0.15) is 0 Å². The highest BCUT2D eigenvalue weighted by Crippen LogP contribution is 1.91. The van der Waals surface area contributed by atoms with E-state index >= 15 is 0 Å². The molecule has 10 heavy (non-hydrogen) atoms. The summed E-state index contributed by atoms with van der Waals surface area (Å²) in [5, 5.41) is 17.3. The minimum Gasteiger partial charge on any atom is -0.422 e. The number of nitrogen functional groups attached to an aromatic ring is 1. The molecule has 1 heterocycles. The van der Waals surface area contributed by atoms with Gasteiger partial charge < -0.3 is 20.3 Å². The first kappa shape index (κ1) is 7.11. The molecule has 1 aromatic heterocycles. The molecule has 4 N–H and O–H groups in total. The molecular formula is C4H8BN3O2. The Hall–Kier alpha value is -1.01. The maximum Gasteiger partial charge on any atom is 0.507 e. The Morgan fingerprint density at radius 3 is 2.50 bits per heavy atom. The van der Waals surface area contributed by atoms with Gasteiger partial charge in [-0.2, -0.15) is 0 Å². The van der Waals surface area contributed by atoms with Crippen LogP contribution < -0.4 is 11.3 Å². The Bertz CT molecular complexity index is 234. The van der Waals surface area contributed by atoms with E-state index in [9.17, 15) is 0 Å². The number of hydrogen-bond donors (Lipinski definition) is 3. The van der Waals surface area contributed by atoms with E-state index < -0.39 is 7.12 Å². The summed E-state index contributed by atoms with van der Waals surface area (Å²) < 4.78 is 1.41. The quantitative estimate of drug-likeness (QED) is 0.383. The summed E-state index contributed by atoms with van der Waals surface area (Å²) in [6, 6.07) is 0. The van der Waals surface area contributed by atoms with Crippen LogP contribution in [0.15, 0.2) is 6.20 Å². The van der Waals surface area contributed by atoms with Gasteiger partial charge in [-0.1, -0.05) is 0 Å².